The van der Waals surface area contributed by atoms with Gasteiger partial charge in [-0.25, -0.2) is 4.98 Å². The molecule has 2 aromatic rings. The largest absolute Gasteiger partial charge is 0.467 e. The highest BCUT2D eigenvalue weighted by molar-refractivity contribution is 9.10. The maximum absolute atomic E-state index is 12.0. The van der Waals surface area contributed by atoms with Crippen molar-refractivity contribution in [2.75, 3.05) is 37.6 Å². The fourth-order valence-corrected chi connectivity index (χ4v) is 2.78. The Kier molecular flexibility index (Phi) is 5.30. The van der Waals surface area contributed by atoms with Crippen molar-refractivity contribution in [1.29, 1.82) is 0 Å². The first-order valence-corrected chi connectivity index (χ1v) is 8.38. The molecule has 1 aliphatic rings. The van der Waals surface area contributed by atoms with E-state index in [9.17, 15) is 4.79 Å². The molecule has 3 heterocycles. The molecule has 7 heteroatoms. The number of anilines is 1. The monoisotopic (exact) mass is 378 g/mol. The van der Waals surface area contributed by atoms with Gasteiger partial charge in [-0.2, -0.15) is 0 Å². The van der Waals surface area contributed by atoms with E-state index in [-0.39, 0.29) is 5.91 Å². The molecule has 1 saturated heterocycles. The first-order valence-electron chi connectivity index (χ1n) is 7.58. The van der Waals surface area contributed by atoms with E-state index in [0.717, 1.165) is 42.2 Å². The standard InChI is InChI=1S/C16H19BrN4O2/c17-13-3-4-15(18-10-13)21-7-5-20(6-8-21)12-16(22)19-11-14-2-1-9-23-14/h1-4,9-10H,5-8,11-12H2,(H,19,22). The number of hydrogen-bond acceptors (Lipinski definition) is 5. The van der Waals surface area contributed by atoms with Crippen LogP contribution in [0.5, 0.6) is 0 Å². The van der Waals surface area contributed by atoms with Gasteiger partial charge in [-0.15, -0.1) is 0 Å². The molecule has 1 amide bonds. The fraction of sp³-hybridized carbons (Fsp3) is 0.375. The molecule has 23 heavy (non-hydrogen) atoms. The molecule has 1 N–H and O–H groups in total. The summed E-state index contributed by atoms with van der Waals surface area (Å²) in [6.45, 7) is 4.31. The lowest BCUT2D eigenvalue weighted by Crippen LogP contribution is -2.49. The van der Waals surface area contributed by atoms with Gasteiger partial charge in [0, 0.05) is 36.8 Å². The van der Waals surface area contributed by atoms with Gasteiger partial charge in [-0.1, -0.05) is 0 Å². The van der Waals surface area contributed by atoms with Crippen LogP contribution in [0.3, 0.4) is 0 Å². The molecule has 0 saturated carbocycles. The van der Waals surface area contributed by atoms with E-state index in [1.807, 2.05) is 30.5 Å². The molecule has 0 aromatic carbocycles. The second-order valence-electron chi connectivity index (χ2n) is 5.45. The van der Waals surface area contributed by atoms with Crippen LogP contribution >= 0.6 is 15.9 Å². The van der Waals surface area contributed by atoms with Crippen molar-refractivity contribution >= 4 is 27.7 Å². The van der Waals surface area contributed by atoms with E-state index in [4.69, 9.17) is 4.42 Å². The van der Waals surface area contributed by atoms with Gasteiger partial charge in [0.1, 0.15) is 11.6 Å². The highest BCUT2D eigenvalue weighted by Crippen LogP contribution is 2.16. The van der Waals surface area contributed by atoms with Crippen molar-refractivity contribution in [3.05, 3.63) is 47.0 Å². The van der Waals surface area contributed by atoms with Crippen LogP contribution in [0.25, 0.3) is 0 Å². The molecule has 1 aliphatic heterocycles. The second kappa shape index (κ2) is 7.61. The van der Waals surface area contributed by atoms with Gasteiger partial charge in [0.25, 0.3) is 0 Å². The number of carbonyl (C=O) groups excluding carboxylic acids is 1. The van der Waals surface area contributed by atoms with Crippen LogP contribution in [0.15, 0.2) is 45.6 Å². The van der Waals surface area contributed by atoms with Crippen molar-refractivity contribution in [1.82, 2.24) is 15.2 Å². The van der Waals surface area contributed by atoms with Gasteiger partial charge in [0.05, 0.1) is 19.4 Å². The number of nitrogens with one attached hydrogen (secondary N) is 1. The molecule has 3 rings (SSSR count). The zero-order valence-corrected chi connectivity index (χ0v) is 14.3. The summed E-state index contributed by atoms with van der Waals surface area (Å²) in [6.07, 6.45) is 3.42. The minimum Gasteiger partial charge on any atom is -0.467 e. The second-order valence-corrected chi connectivity index (χ2v) is 6.37. The summed E-state index contributed by atoms with van der Waals surface area (Å²) in [5.41, 5.74) is 0. The first kappa shape index (κ1) is 16.0. The summed E-state index contributed by atoms with van der Waals surface area (Å²) in [4.78, 5) is 20.8. The van der Waals surface area contributed by atoms with Gasteiger partial charge in [-0.05, 0) is 40.2 Å². The lowest BCUT2D eigenvalue weighted by atomic mass is 10.3. The van der Waals surface area contributed by atoms with Gasteiger partial charge < -0.3 is 14.6 Å². The number of nitrogens with zero attached hydrogens (tertiary/aromatic N) is 3. The summed E-state index contributed by atoms with van der Waals surface area (Å²) in [6, 6.07) is 7.67. The third kappa shape index (κ3) is 4.56. The molecular formula is C16H19BrN4O2. The van der Waals surface area contributed by atoms with E-state index in [1.54, 1.807) is 6.26 Å². The molecule has 0 spiro atoms. The molecule has 122 valence electrons. The van der Waals surface area contributed by atoms with Crippen LogP contribution in [0.4, 0.5) is 5.82 Å². The van der Waals surface area contributed by atoms with Gasteiger partial charge >= 0.3 is 0 Å². The van der Waals surface area contributed by atoms with E-state index >= 15 is 0 Å². The number of pyridine rings is 1. The Bertz CT molecular complexity index is 622. The van der Waals surface area contributed by atoms with Crippen molar-refractivity contribution in [2.24, 2.45) is 0 Å². The average Bonchev–Trinajstić information content (AvgIpc) is 3.08. The Hall–Kier alpha value is -1.86. The normalized spacial score (nSPS) is 15.6. The third-order valence-corrected chi connectivity index (χ3v) is 4.28. The van der Waals surface area contributed by atoms with Crippen molar-refractivity contribution in [3.8, 4) is 0 Å². The summed E-state index contributed by atoms with van der Waals surface area (Å²) >= 11 is 3.39. The van der Waals surface area contributed by atoms with E-state index < -0.39 is 0 Å². The lowest BCUT2D eigenvalue weighted by Gasteiger charge is -2.34. The van der Waals surface area contributed by atoms with Crippen LogP contribution in [0.1, 0.15) is 5.76 Å². The maximum Gasteiger partial charge on any atom is 0.234 e. The molecule has 0 bridgehead atoms. The number of piperazine rings is 1. The minimum absolute atomic E-state index is 0.0246. The molecule has 2 aromatic heterocycles. The molecule has 1 fully saturated rings. The third-order valence-electron chi connectivity index (χ3n) is 3.82. The Labute approximate surface area is 143 Å². The van der Waals surface area contributed by atoms with E-state index in [1.165, 1.54) is 0 Å². The Morgan fingerprint density at radius 3 is 2.74 bits per heavy atom. The summed E-state index contributed by atoms with van der Waals surface area (Å²) < 4.78 is 6.18. The quantitative estimate of drug-likeness (QED) is 0.860. The fourth-order valence-electron chi connectivity index (χ4n) is 2.55. The number of halogens is 1. The van der Waals surface area contributed by atoms with Gasteiger partial charge in [0.2, 0.25) is 5.91 Å². The molecule has 0 unspecified atom stereocenters. The smallest absolute Gasteiger partial charge is 0.234 e. The van der Waals surface area contributed by atoms with E-state index in [0.29, 0.717) is 13.1 Å². The molecular weight excluding hydrogens is 360 g/mol. The molecule has 6 nitrogen and oxygen atoms in total. The Morgan fingerprint density at radius 2 is 2.09 bits per heavy atom. The number of furan rings is 1. The lowest BCUT2D eigenvalue weighted by molar-refractivity contribution is -0.122. The summed E-state index contributed by atoms with van der Waals surface area (Å²) in [5.74, 6) is 1.77. The van der Waals surface area contributed by atoms with Crippen LogP contribution in [-0.2, 0) is 11.3 Å². The summed E-state index contributed by atoms with van der Waals surface area (Å²) in [5, 5.41) is 2.88. The minimum atomic E-state index is 0.0246. The Morgan fingerprint density at radius 1 is 1.26 bits per heavy atom. The maximum atomic E-state index is 12.0. The SMILES string of the molecule is O=C(CN1CCN(c2ccc(Br)cn2)CC1)NCc1ccco1. The molecule has 0 radical (unpaired) electrons. The highest BCUT2D eigenvalue weighted by atomic mass is 79.9. The number of rotatable bonds is 5. The zero-order valence-electron chi connectivity index (χ0n) is 12.7. The first-order chi connectivity index (χ1) is 11.2. The molecule has 0 aliphatic carbocycles. The predicted octanol–water partition coefficient (Wildman–Crippen LogP) is 1.88. The number of amides is 1. The predicted molar refractivity (Wildman–Crippen MR) is 91.1 cm³/mol. The number of aromatic nitrogens is 1. The number of carbonyl (C=O) groups is 1. The van der Waals surface area contributed by atoms with Crippen LogP contribution in [0.2, 0.25) is 0 Å². The highest BCUT2D eigenvalue weighted by Gasteiger charge is 2.19. The van der Waals surface area contributed by atoms with Gasteiger partial charge in [0.15, 0.2) is 0 Å². The van der Waals surface area contributed by atoms with Crippen molar-refractivity contribution < 1.29 is 9.21 Å². The number of hydrogen-bond donors (Lipinski definition) is 1. The van der Waals surface area contributed by atoms with Crippen molar-refractivity contribution in [2.45, 2.75) is 6.54 Å². The van der Waals surface area contributed by atoms with E-state index in [2.05, 4.69) is 36.0 Å². The van der Waals surface area contributed by atoms with Gasteiger partial charge in [-0.3, -0.25) is 9.69 Å². The van der Waals surface area contributed by atoms with Crippen LogP contribution in [0, 0.1) is 0 Å². The average molecular weight is 379 g/mol. The molecule has 0 atom stereocenters. The van der Waals surface area contributed by atoms with Crippen LogP contribution in [-0.4, -0.2) is 48.5 Å². The van der Waals surface area contributed by atoms with Crippen LogP contribution < -0.4 is 10.2 Å². The Balaban J connectivity index is 1.42. The van der Waals surface area contributed by atoms with Crippen molar-refractivity contribution in [3.63, 3.8) is 0 Å². The summed E-state index contributed by atoms with van der Waals surface area (Å²) in [7, 11) is 0. The zero-order chi connectivity index (χ0) is 16.1. The topological polar surface area (TPSA) is 61.6 Å².